The third kappa shape index (κ3) is 1.59. The molecular weight excluding hydrogens is 160 g/mol. The van der Waals surface area contributed by atoms with Crippen molar-refractivity contribution >= 4 is 5.78 Å². The summed E-state index contributed by atoms with van der Waals surface area (Å²) in [7, 11) is 0. The smallest absolute Gasteiger partial charge is 0.193 e. The lowest BCUT2D eigenvalue weighted by atomic mass is 10.1. The van der Waals surface area contributed by atoms with Gasteiger partial charge in [-0.1, -0.05) is 42.5 Å². The Balaban J connectivity index is 2.28. The minimum Gasteiger partial charge on any atom is -0.289 e. The van der Waals surface area contributed by atoms with E-state index in [0.29, 0.717) is 5.57 Å². The van der Waals surface area contributed by atoms with Crippen LogP contribution in [0.2, 0.25) is 0 Å². The molecule has 0 saturated heterocycles. The molecule has 13 heavy (non-hydrogen) atoms. The summed E-state index contributed by atoms with van der Waals surface area (Å²) in [4.78, 5) is 11.7. The number of benzene rings is 1. The standard InChI is InChI=1S/C12H9O/c13-12(11-8-4-5-9-11)10-6-2-1-3-7-10/h1-4,6-8H,5H2. The molecule has 0 bridgehead atoms. The SMILES string of the molecule is O=C(C1=[C]CC=C1)c1ccccc1. The van der Waals surface area contributed by atoms with Gasteiger partial charge in [0, 0.05) is 11.1 Å². The highest BCUT2D eigenvalue weighted by molar-refractivity contribution is 6.10. The number of Topliss-reactive ketones (excluding diaryl/α,β-unsaturated/α-hetero) is 1. The zero-order valence-corrected chi connectivity index (χ0v) is 7.16. The number of hydrogen-bond donors (Lipinski definition) is 0. The van der Waals surface area contributed by atoms with E-state index in [1.165, 1.54) is 0 Å². The van der Waals surface area contributed by atoms with E-state index in [1.54, 1.807) is 0 Å². The minimum absolute atomic E-state index is 0.0642. The quantitative estimate of drug-likeness (QED) is 0.622. The molecule has 1 aliphatic rings. The van der Waals surface area contributed by atoms with Crippen LogP contribution in [-0.2, 0) is 0 Å². The number of hydrogen-bond acceptors (Lipinski definition) is 1. The van der Waals surface area contributed by atoms with Gasteiger partial charge in [0.15, 0.2) is 5.78 Å². The lowest BCUT2D eigenvalue weighted by Crippen LogP contribution is -1.99. The summed E-state index contributed by atoms with van der Waals surface area (Å²) < 4.78 is 0. The van der Waals surface area contributed by atoms with Crippen LogP contribution in [0.1, 0.15) is 16.8 Å². The van der Waals surface area contributed by atoms with Gasteiger partial charge in [0.05, 0.1) is 0 Å². The van der Waals surface area contributed by atoms with Gasteiger partial charge < -0.3 is 0 Å². The molecule has 1 nitrogen and oxygen atoms in total. The Labute approximate surface area is 77.4 Å². The molecule has 2 rings (SSSR count). The summed E-state index contributed by atoms with van der Waals surface area (Å²) in [5, 5.41) is 0. The highest BCUT2D eigenvalue weighted by Gasteiger charge is 2.10. The summed E-state index contributed by atoms with van der Waals surface area (Å²) in [6.45, 7) is 0. The third-order valence-corrected chi connectivity index (χ3v) is 1.98. The molecule has 1 radical (unpaired) electrons. The van der Waals surface area contributed by atoms with E-state index in [2.05, 4.69) is 6.08 Å². The van der Waals surface area contributed by atoms with E-state index < -0.39 is 0 Å². The van der Waals surface area contributed by atoms with Crippen molar-refractivity contribution < 1.29 is 4.79 Å². The molecule has 1 heteroatoms. The second-order valence-electron chi connectivity index (χ2n) is 2.89. The van der Waals surface area contributed by atoms with E-state index in [-0.39, 0.29) is 5.78 Å². The molecule has 0 unspecified atom stereocenters. The van der Waals surface area contributed by atoms with Gasteiger partial charge in [-0.25, -0.2) is 0 Å². The van der Waals surface area contributed by atoms with Gasteiger partial charge in [0.1, 0.15) is 0 Å². The molecule has 63 valence electrons. The maximum absolute atomic E-state index is 11.7. The van der Waals surface area contributed by atoms with Crippen molar-refractivity contribution in [1.29, 1.82) is 0 Å². The minimum atomic E-state index is 0.0642. The maximum Gasteiger partial charge on any atom is 0.193 e. The van der Waals surface area contributed by atoms with Gasteiger partial charge in [-0.05, 0) is 12.5 Å². The average molecular weight is 169 g/mol. The summed E-state index contributed by atoms with van der Waals surface area (Å²) >= 11 is 0. The van der Waals surface area contributed by atoms with Crippen LogP contribution in [0, 0.1) is 6.08 Å². The molecule has 0 fully saturated rings. The van der Waals surface area contributed by atoms with Gasteiger partial charge in [0.2, 0.25) is 0 Å². The normalized spacial score (nSPS) is 14.3. The number of allylic oxidation sites excluding steroid dienone is 4. The molecule has 0 heterocycles. The van der Waals surface area contributed by atoms with Crippen molar-refractivity contribution in [2.45, 2.75) is 6.42 Å². The van der Waals surface area contributed by atoms with Crippen LogP contribution in [-0.4, -0.2) is 5.78 Å². The molecule has 1 aliphatic carbocycles. The van der Waals surface area contributed by atoms with E-state index in [4.69, 9.17) is 0 Å². The molecule has 1 aromatic rings. The van der Waals surface area contributed by atoms with Crippen molar-refractivity contribution in [3.8, 4) is 0 Å². The highest BCUT2D eigenvalue weighted by atomic mass is 16.1. The first-order valence-electron chi connectivity index (χ1n) is 4.25. The van der Waals surface area contributed by atoms with Crippen molar-refractivity contribution in [3.05, 3.63) is 59.7 Å². The molecule has 0 saturated carbocycles. The summed E-state index contributed by atoms with van der Waals surface area (Å²) in [5.41, 5.74) is 1.42. The first-order valence-corrected chi connectivity index (χ1v) is 4.25. The summed E-state index contributed by atoms with van der Waals surface area (Å²) in [6, 6.07) is 9.28. The predicted molar refractivity (Wildman–Crippen MR) is 51.3 cm³/mol. The summed E-state index contributed by atoms with van der Waals surface area (Å²) in [5.74, 6) is 0.0642. The second kappa shape index (κ2) is 3.40. The van der Waals surface area contributed by atoms with Crippen LogP contribution in [0.4, 0.5) is 0 Å². The zero-order chi connectivity index (χ0) is 9.10. The van der Waals surface area contributed by atoms with Crippen molar-refractivity contribution in [2.75, 3.05) is 0 Å². The fourth-order valence-electron chi connectivity index (χ4n) is 1.31. The van der Waals surface area contributed by atoms with Crippen molar-refractivity contribution in [3.63, 3.8) is 0 Å². The van der Waals surface area contributed by atoms with Gasteiger partial charge in [-0.15, -0.1) is 0 Å². The average Bonchev–Trinajstić information content (AvgIpc) is 2.71. The number of rotatable bonds is 2. The topological polar surface area (TPSA) is 17.1 Å². The maximum atomic E-state index is 11.7. The first-order chi connectivity index (χ1) is 6.38. The molecule has 0 aliphatic heterocycles. The Bertz CT molecular complexity index is 371. The van der Waals surface area contributed by atoms with Crippen LogP contribution in [0.3, 0.4) is 0 Å². The van der Waals surface area contributed by atoms with Crippen molar-refractivity contribution in [2.24, 2.45) is 0 Å². The third-order valence-electron chi connectivity index (χ3n) is 1.98. The van der Waals surface area contributed by atoms with Crippen LogP contribution >= 0.6 is 0 Å². The van der Waals surface area contributed by atoms with Gasteiger partial charge >= 0.3 is 0 Å². The summed E-state index contributed by atoms with van der Waals surface area (Å²) in [6.07, 6.45) is 7.54. The Morgan fingerprint density at radius 2 is 2.00 bits per heavy atom. The van der Waals surface area contributed by atoms with Gasteiger partial charge in [-0.2, -0.15) is 0 Å². The van der Waals surface area contributed by atoms with Gasteiger partial charge in [-0.3, -0.25) is 4.79 Å². The van der Waals surface area contributed by atoms with Crippen molar-refractivity contribution in [1.82, 2.24) is 0 Å². The molecule has 0 amide bonds. The zero-order valence-electron chi connectivity index (χ0n) is 7.16. The Morgan fingerprint density at radius 3 is 2.62 bits per heavy atom. The lowest BCUT2D eigenvalue weighted by Gasteiger charge is -1.97. The van der Waals surface area contributed by atoms with Crippen LogP contribution in [0.15, 0.2) is 48.1 Å². The fraction of sp³-hybridized carbons (Fsp3) is 0.0833. The Morgan fingerprint density at radius 1 is 1.23 bits per heavy atom. The molecule has 0 spiro atoms. The molecule has 0 aromatic heterocycles. The fourth-order valence-corrected chi connectivity index (χ4v) is 1.31. The molecular formula is C12H9O. The van der Waals surface area contributed by atoms with E-state index in [0.717, 1.165) is 12.0 Å². The van der Waals surface area contributed by atoms with Crippen LogP contribution < -0.4 is 0 Å². The van der Waals surface area contributed by atoms with E-state index in [1.807, 2.05) is 42.5 Å². The van der Waals surface area contributed by atoms with Crippen LogP contribution in [0.5, 0.6) is 0 Å². The second-order valence-corrected chi connectivity index (χ2v) is 2.89. The van der Waals surface area contributed by atoms with E-state index >= 15 is 0 Å². The van der Waals surface area contributed by atoms with Gasteiger partial charge in [0.25, 0.3) is 0 Å². The van der Waals surface area contributed by atoms with Crippen LogP contribution in [0.25, 0.3) is 0 Å². The van der Waals surface area contributed by atoms with E-state index in [9.17, 15) is 4.79 Å². The monoisotopic (exact) mass is 169 g/mol. The molecule has 1 aromatic carbocycles. The number of carbonyl (C=O) groups is 1. The highest BCUT2D eigenvalue weighted by Crippen LogP contribution is 2.14. The first kappa shape index (κ1) is 7.99. The Hall–Kier alpha value is -1.63. The number of ketones is 1. The predicted octanol–water partition coefficient (Wildman–Crippen LogP) is 2.56. The number of carbonyl (C=O) groups excluding carboxylic acids is 1. The molecule has 0 N–H and O–H groups in total. The largest absolute Gasteiger partial charge is 0.289 e. The molecule has 0 atom stereocenters. The Kier molecular flexibility index (Phi) is 2.09. The lowest BCUT2D eigenvalue weighted by molar-refractivity contribution is 0.103.